The fourth-order valence-corrected chi connectivity index (χ4v) is 0.962. The highest BCUT2D eigenvalue weighted by Gasteiger charge is 2.04. The summed E-state index contributed by atoms with van der Waals surface area (Å²) in [6.07, 6.45) is 0. The Morgan fingerprint density at radius 1 is 1.62 bits per heavy atom. The molecular weight excluding hydrogens is 166 g/mol. The Kier molecular flexibility index (Phi) is 3.08. The molecule has 0 amide bonds. The molecule has 0 bridgehead atoms. The smallest absolute Gasteiger partial charge is 0.149 e. The second-order valence-corrected chi connectivity index (χ2v) is 3.12. The minimum Gasteiger partial charge on any atom is -0.396 e. The number of hydrogen-bond donors (Lipinski definition) is 3. The summed E-state index contributed by atoms with van der Waals surface area (Å²) in [7, 11) is 0. The predicted molar refractivity (Wildman–Crippen MR) is 53.6 cm³/mol. The number of pyridine rings is 1. The van der Waals surface area contributed by atoms with E-state index in [2.05, 4.69) is 10.3 Å². The maximum absolute atomic E-state index is 8.83. The fourth-order valence-electron chi connectivity index (χ4n) is 0.962. The monoisotopic (exact) mass is 181 g/mol. The van der Waals surface area contributed by atoms with Gasteiger partial charge in [0.05, 0.1) is 12.3 Å². The number of aromatic nitrogens is 1. The molecule has 0 aliphatic rings. The number of nitrogens with one attached hydrogen (secondary N) is 1. The van der Waals surface area contributed by atoms with Crippen LogP contribution >= 0.6 is 0 Å². The first kappa shape index (κ1) is 9.80. The molecule has 0 radical (unpaired) electrons. The van der Waals surface area contributed by atoms with Crippen LogP contribution in [0.15, 0.2) is 12.1 Å². The van der Waals surface area contributed by atoms with Crippen molar-refractivity contribution in [3.63, 3.8) is 0 Å². The van der Waals surface area contributed by atoms with E-state index < -0.39 is 0 Å². The van der Waals surface area contributed by atoms with E-state index in [1.54, 1.807) is 6.07 Å². The Morgan fingerprint density at radius 2 is 2.31 bits per heavy atom. The van der Waals surface area contributed by atoms with Crippen LogP contribution < -0.4 is 11.1 Å². The van der Waals surface area contributed by atoms with Crippen LogP contribution in [-0.4, -0.2) is 22.7 Å². The summed E-state index contributed by atoms with van der Waals surface area (Å²) in [4.78, 5) is 4.21. The molecule has 1 aromatic rings. The maximum atomic E-state index is 8.83. The molecule has 0 saturated carbocycles. The number of aryl methyl sites for hydroxylation is 1. The number of nitrogens with zero attached hydrogens (tertiary/aromatic N) is 1. The van der Waals surface area contributed by atoms with Gasteiger partial charge in [0.2, 0.25) is 0 Å². The average molecular weight is 181 g/mol. The molecule has 1 atom stereocenters. The normalized spacial score (nSPS) is 12.5. The van der Waals surface area contributed by atoms with Crippen molar-refractivity contribution >= 4 is 11.5 Å². The van der Waals surface area contributed by atoms with Crippen LogP contribution in [0.25, 0.3) is 0 Å². The zero-order chi connectivity index (χ0) is 9.84. The van der Waals surface area contributed by atoms with Gasteiger partial charge in [-0.3, -0.25) is 0 Å². The largest absolute Gasteiger partial charge is 0.396 e. The lowest BCUT2D eigenvalue weighted by atomic mass is 10.3. The summed E-state index contributed by atoms with van der Waals surface area (Å²) in [5.74, 6) is 0.640. The number of anilines is 2. The summed E-state index contributed by atoms with van der Waals surface area (Å²) < 4.78 is 0. The zero-order valence-corrected chi connectivity index (χ0v) is 7.91. The summed E-state index contributed by atoms with van der Waals surface area (Å²) in [6.45, 7) is 3.83. The van der Waals surface area contributed by atoms with E-state index in [0.29, 0.717) is 11.5 Å². The molecule has 1 heterocycles. The van der Waals surface area contributed by atoms with Gasteiger partial charge in [0, 0.05) is 11.7 Å². The van der Waals surface area contributed by atoms with Gasteiger partial charge in [0.15, 0.2) is 0 Å². The van der Waals surface area contributed by atoms with Crippen molar-refractivity contribution in [3.05, 3.63) is 17.8 Å². The van der Waals surface area contributed by atoms with Crippen LogP contribution in [0.3, 0.4) is 0 Å². The van der Waals surface area contributed by atoms with Gasteiger partial charge in [-0.1, -0.05) is 0 Å². The Hall–Kier alpha value is -1.29. The lowest BCUT2D eigenvalue weighted by molar-refractivity contribution is 0.281. The molecule has 0 aromatic carbocycles. The Labute approximate surface area is 77.8 Å². The van der Waals surface area contributed by atoms with Gasteiger partial charge in [0.25, 0.3) is 0 Å². The van der Waals surface area contributed by atoms with Gasteiger partial charge in [-0.05, 0) is 26.0 Å². The van der Waals surface area contributed by atoms with Crippen LogP contribution in [0.4, 0.5) is 11.5 Å². The Balaban J connectivity index is 2.81. The molecule has 4 heteroatoms. The van der Waals surface area contributed by atoms with Gasteiger partial charge in [-0.15, -0.1) is 0 Å². The third-order valence-electron chi connectivity index (χ3n) is 1.72. The van der Waals surface area contributed by atoms with Crippen molar-refractivity contribution in [2.24, 2.45) is 0 Å². The molecule has 4 nitrogen and oxygen atoms in total. The molecule has 0 fully saturated rings. The van der Waals surface area contributed by atoms with Crippen LogP contribution in [0.2, 0.25) is 0 Å². The van der Waals surface area contributed by atoms with E-state index in [1.165, 1.54) is 0 Å². The summed E-state index contributed by atoms with van der Waals surface area (Å²) in [5, 5.41) is 11.8. The number of aliphatic hydroxyl groups excluding tert-OH is 1. The molecule has 0 aliphatic heterocycles. The number of nitrogens with two attached hydrogens (primary N) is 1. The Bertz CT molecular complexity index is 288. The third-order valence-corrected chi connectivity index (χ3v) is 1.72. The van der Waals surface area contributed by atoms with Crippen LogP contribution in [0, 0.1) is 6.92 Å². The minimum atomic E-state index is -0.0309. The van der Waals surface area contributed by atoms with Crippen molar-refractivity contribution < 1.29 is 5.11 Å². The summed E-state index contributed by atoms with van der Waals surface area (Å²) >= 11 is 0. The van der Waals surface area contributed by atoms with Crippen molar-refractivity contribution in [3.8, 4) is 0 Å². The molecule has 0 spiro atoms. The molecule has 1 aromatic heterocycles. The van der Waals surface area contributed by atoms with Gasteiger partial charge in [-0.2, -0.15) is 0 Å². The maximum Gasteiger partial charge on any atom is 0.149 e. The number of nitrogen functional groups attached to an aromatic ring is 1. The van der Waals surface area contributed by atoms with Crippen molar-refractivity contribution in [1.29, 1.82) is 0 Å². The molecule has 72 valence electrons. The first-order chi connectivity index (χ1) is 6.13. The van der Waals surface area contributed by atoms with E-state index >= 15 is 0 Å². The highest BCUT2D eigenvalue weighted by molar-refractivity contribution is 5.61. The standard InChI is InChI=1S/C9H15N3O/c1-6-3-4-8(10)9(11-6)12-7(2)5-13/h3-4,7,13H,5,10H2,1-2H3,(H,11,12). The molecule has 1 unspecified atom stereocenters. The lowest BCUT2D eigenvalue weighted by Crippen LogP contribution is -2.21. The number of hydrogen-bond acceptors (Lipinski definition) is 4. The zero-order valence-electron chi connectivity index (χ0n) is 7.91. The molecule has 1 rings (SSSR count). The van der Waals surface area contributed by atoms with Crippen molar-refractivity contribution in [2.45, 2.75) is 19.9 Å². The highest BCUT2D eigenvalue weighted by atomic mass is 16.3. The molecule has 0 aliphatic carbocycles. The summed E-state index contributed by atoms with van der Waals surface area (Å²) in [6, 6.07) is 3.62. The summed E-state index contributed by atoms with van der Waals surface area (Å²) in [5.41, 5.74) is 7.19. The van der Waals surface area contributed by atoms with Crippen LogP contribution in [0.1, 0.15) is 12.6 Å². The molecule has 4 N–H and O–H groups in total. The first-order valence-corrected chi connectivity index (χ1v) is 4.24. The van der Waals surface area contributed by atoms with Crippen molar-refractivity contribution in [1.82, 2.24) is 4.98 Å². The molecule has 0 saturated heterocycles. The van der Waals surface area contributed by atoms with E-state index in [1.807, 2.05) is 19.9 Å². The fraction of sp³-hybridized carbons (Fsp3) is 0.444. The number of rotatable bonds is 3. The highest BCUT2D eigenvalue weighted by Crippen LogP contribution is 2.15. The molecule has 13 heavy (non-hydrogen) atoms. The second-order valence-electron chi connectivity index (χ2n) is 3.12. The minimum absolute atomic E-state index is 0.0309. The van der Waals surface area contributed by atoms with Crippen molar-refractivity contribution in [2.75, 3.05) is 17.7 Å². The number of aliphatic hydroxyl groups is 1. The third kappa shape index (κ3) is 2.59. The quantitative estimate of drug-likeness (QED) is 0.644. The average Bonchev–Trinajstić information content (AvgIpc) is 2.11. The predicted octanol–water partition coefficient (Wildman–Crippen LogP) is 0.765. The SMILES string of the molecule is Cc1ccc(N)c(NC(C)CO)n1. The Morgan fingerprint density at radius 3 is 2.92 bits per heavy atom. The molecular formula is C9H15N3O. The first-order valence-electron chi connectivity index (χ1n) is 4.24. The van der Waals surface area contributed by atoms with Crippen LogP contribution in [-0.2, 0) is 0 Å². The van der Waals surface area contributed by atoms with Gasteiger partial charge < -0.3 is 16.2 Å². The van der Waals surface area contributed by atoms with Gasteiger partial charge >= 0.3 is 0 Å². The van der Waals surface area contributed by atoms with Gasteiger partial charge in [0.1, 0.15) is 5.82 Å². The second kappa shape index (κ2) is 4.09. The van der Waals surface area contributed by atoms with E-state index in [-0.39, 0.29) is 12.6 Å². The van der Waals surface area contributed by atoms with E-state index in [9.17, 15) is 0 Å². The van der Waals surface area contributed by atoms with Crippen LogP contribution in [0.5, 0.6) is 0 Å². The topological polar surface area (TPSA) is 71.2 Å². The van der Waals surface area contributed by atoms with E-state index in [0.717, 1.165) is 5.69 Å². The van der Waals surface area contributed by atoms with E-state index in [4.69, 9.17) is 10.8 Å². The van der Waals surface area contributed by atoms with Gasteiger partial charge in [-0.25, -0.2) is 4.98 Å². The lowest BCUT2D eigenvalue weighted by Gasteiger charge is -2.13.